The van der Waals surface area contributed by atoms with Crippen LogP contribution in [0.5, 0.6) is 0 Å². The lowest BCUT2D eigenvalue weighted by atomic mass is 10.2. The Morgan fingerprint density at radius 3 is 2.52 bits per heavy atom. The Bertz CT molecular complexity index is 921. The van der Waals surface area contributed by atoms with Crippen LogP contribution in [0.4, 0.5) is 4.39 Å². The minimum Gasteiger partial charge on any atom is -0.301 e. The highest BCUT2D eigenvalue weighted by atomic mass is 32.2. The number of nitrogens with zero attached hydrogens (tertiary/aromatic N) is 5. The zero-order valence-electron chi connectivity index (χ0n) is 15.2. The largest absolute Gasteiger partial charge is 0.301 e. The number of rotatable bonds is 8. The monoisotopic (exact) mass is 401 g/mol. The summed E-state index contributed by atoms with van der Waals surface area (Å²) >= 11 is 2.99. The molecule has 0 radical (unpaired) electrons. The molecule has 3 rings (SSSR count). The molecule has 3 aromatic rings. The minimum atomic E-state index is -0.206. The standard InChI is InChI=1S/C19H20FN5S2/c1-4-9-25-17(12-26-18-21-13(2)10-14(3)22-18)23-24-19(25)27-11-15-7-5-6-8-16(15)20/h4-8,10H,1,9,11-12H2,2-3H3. The second kappa shape index (κ2) is 9.14. The first-order valence-electron chi connectivity index (χ1n) is 8.41. The summed E-state index contributed by atoms with van der Waals surface area (Å²) in [5.74, 6) is 1.71. The summed E-state index contributed by atoms with van der Waals surface area (Å²) in [6.45, 7) is 8.32. The number of benzene rings is 1. The van der Waals surface area contributed by atoms with Gasteiger partial charge in [-0.15, -0.1) is 16.8 Å². The van der Waals surface area contributed by atoms with E-state index >= 15 is 0 Å². The summed E-state index contributed by atoms with van der Waals surface area (Å²) in [6, 6.07) is 8.72. The maximum atomic E-state index is 13.8. The van der Waals surface area contributed by atoms with Crippen molar-refractivity contribution in [2.75, 3.05) is 0 Å². The number of aryl methyl sites for hydroxylation is 2. The first-order chi connectivity index (χ1) is 13.1. The third kappa shape index (κ3) is 5.17. The van der Waals surface area contributed by atoms with Gasteiger partial charge in [0.05, 0.1) is 5.75 Å². The Morgan fingerprint density at radius 1 is 1.07 bits per heavy atom. The molecule has 0 spiro atoms. The van der Waals surface area contributed by atoms with Crippen molar-refractivity contribution in [2.24, 2.45) is 0 Å². The predicted octanol–water partition coefficient (Wildman–Crippen LogP) is 4.59. The van der Waals surface area contributed by atoms with E-state index in [4.69, 9.17) is 0 Å². The second-order valence-electron chi connectivity index (χ2n) is 5.90. The molecule has 2 heterocycles. The van der Waals surface area contributed by atoms with Gasteiger partial charge in [-0.25, -0.2) is 14.4 Å². The van der Waals surface area contributed by atoms with Gasteiger partial charge in [0.1, 0.15) is 11.6 Å². The number of thioether (sulfide) groups is 2. The Morgan fingerprint density at radius 2 is 1.81 bits per heavy atom. The molecule has 0 saturated heterocycles. The predicted molar refractivity (Wildman–Crippen MR) is 107 cm³/mol. The molecule has 140 valence electrons. The number of halogens is 1. The molecule has 5 nitrogen and oxygen atoms in total. The maximum Gasteiger partial charge on any atom is 0.191 e. The third-order valence-electron chi connectivity index (χ3n) is 3.71. The lowest BCUT2D eigenvalue weighted by Gasteiger charge is -2.08. The highest BCUT2D eigenvalue weighted by Gasteiger charge is 2.14. The zero-order valence-corrected chi connectivity index (χ0v) is 16.9. The van der Waals surface area contributed by atoms with E-state index in [1.54, 1.807) is 18.2 Å². The molecule has 0 fully saturated rings. The van der Waals surface area contributed by atoms with Crippen LogP contribution in [0.15, 0.2) is 53.3 Å². The Kier molecular flexibility index (Phi) is 6.63. The molecule has 1 aromatic carbocycles. The summed E-state index contributed by atoms with van der Waals surface area (Å²) in [5.41, 5.74) is 2.53. The van der Waals surface area contributed by atoms with Gasteiger partial charge in [-0.2, -0.15) is 0 Å². The molecule has 0 bridgehead atoms. The minimum absolute atomic E-state index is 0.206. The van der Waals surface area contributed by atoms with Gasteiger partial charge in [0.2, 0.25) is 0 Å². The van der Waals surface area contributed by atoms with Crippen molar-refractivity contribution < 1.29 is 4.39 Å². The molecular weight excluding hydrogens is 381 g/mol. The van der Waals surface area contributed by atoms with Crippen molar-refractivity contribution >= 4 is 23.5 Å². The van der Waals surface area contributed by atoms with Crippen molar-refractivity contribution in [2.45, 2.75) is 42.2 Å². The lowest BCUT2D eigenvalue weighted by Crippen LogP contribution is -2.03. The van der Waals surface area contributed by atoms with Crippen LogP contribution in [0.1, 0.15) is 22.8 Å². The van der Waals surface area contributed by atoms with Crippen LogP contribution in [-0.2, 0) is 18.1 Å². The number of aromatic nitrogens is 5. The first kappa shape index (κ1) is 19.6. The van der Waals surface area contributed by atoms with Crippen LogP contribution in [0.3, 0.4) is 0 Å². The van der Waals surface area contributed by atoms with E-state index in [0.717, 1.165) is 27.5 Å². The molecule has 27 heavy (non-hydrogen) atoms. The van der Waals surface area contributed by atoms with Crippen molar-refractivity contribution in [3.63, 3.8) is 0 Å². The fraction of sp³-hybridized carbons (Fsp3) is 0.263. The van der Waals surface area contributed by atoms with E-state index in [1.165, 1.54) is 29.6 Å². The Labute approximate surface area is 166 Å². The second-order valence-corrected chi connectivity index (χ2v) is 7.79. The SMILES string of the molecule is C=CCn1c(CSc2nc(C)cc(C)n2)nnc1SCc1ccccc1F. The van der Waals surface area contributed by atoms with Gasteiger partial charge >= 0.3 is 0 Å². The molecule has 0 aliphatic rings. The van der Waals surface area contributed by atoms with E-state index < -0.39 is 0 Å². The van der Waals surface area contributed by atoms with Crippen LogP contribution < -0.4 is 0 Å². The van der Waals surface area contributed by atoms with E-state index in [9.17, 15) is 4.39 Å². The number of hydrogen-bond donors (Lipinski definition) is 0. The lowest BCUT2D eigenvalue weighted by molar-refractivity contribution is 0.617. The van der Waals surface area contributed by atoms with Gasteiger partial charge in [0, 0.05) is 23.7 Å². The van der Waals surface area contributed by atoms with E-state index in [2.05, 4.69) is 26.7 Å². The fourth-order valence-electron chi connectivity index (χ4n) is 2.49. The number of allylic oxidation sites excluding steroid dienone is 1. The molecule has 0 atom stereocenters. The van der Waals surface area contributed by atoms with Crippen LogP contribution >= 0.6 is 23.5 Å². The fourth-order valence-corrected chi connectivity index (χ4v) is 4.33. The van der Waals surface area contributed by atoms with Crippen LogP contribution in [0, 0.1) is 19.7 Å². The van der Waals surface area contributed by atoms with Gasteiger partial charge in [0.25, 0.3) is 0 Å². The highest BCUT2D eigenvalue weighted by Crippen LogP contribution is 2.26. The molecule has 0 aliphatic heterocycles. The van der Waals surface area contributed by atoms with Gasteiger partial charge in [-0.1, -0.05) is 47.8 Å². The van der Waals surface area contributed by atoms with E-state index in [1.807, 2.05) is 30.5 Å². The molecular formula is C19H20FN5S2. The number of hydrogen-bond acceptors (Lipinski definition) is 6. The van der Waals surface area contributed by atoms with Gasteiger partial charge in [0.15, 0.2) is 10.3 Å². The highest BCUT2D eigenvalue weighted by molar-refractivity contribution is 7.98. The quantitative estimate of drug-likeness (QED) is 0.312. The summed E-state index contributed by atoms with van der Waals surface area (Å²) in [6.07, 6.45) is 1.80. The molecule has 2 aromatic heterocycles. The van der Waals surface area contributed by atoms with Crippen molar-refractivity contribution in [3.8, 4) is 0 Å². The molecule has 0 N–H and O–H groups in total. The maximum absolute atomic E-state index is 13.8. The van der Waals surface area contributed by atoms with Crippen molar-refractivity contribution in [3.05, 3.63) is 71.6 Å². The van der Waals surface area contributed by atoms with Crippen molar-refractivity contribution in [1.29, 1.82) is 0 Å². The zero-order chi connectivity index (χ0) is 19.2. The van der Waals surface area contributed by atoms with Crippen LogP contribution in [-0.4, -0.2) is 24.7 Å². The molecule has 0 unspecified atom stereocenters. The molecule has 0 aliphatic carbocycles. The molecule has 0 amide bonds. The van der Waals surface area contributed by atoms with Gasteiger partial charge < -0.3 is 4.57 Å². The summed E-state index contributed by atoms with van der Waals surface area (Å²) in [7, 11) is 0. The average Bonchev–Trinajstić information content (AvgIpc) is 3.01. The van der Waals surface area contributed by atoms with E-state index in [0.29, 0.717) is 23.6 Å². The Hall–Kier alpha value is -2.19. The van der Waals surface area contributed by atoms with Crippen molar-refractivity contribution in [1.82, 2.24) is 24.7 Å². The van der Waals surface area contributed by atoms with Gasteiger partial charge in [-0.05, 0) is 31.5 Å². The third-order valence-corrected chi connectivity index (χ3v) is 5.57. The van der Waals surface area contributed by atoms with Gasteiger partial charge in [-0.3, -0.25) is 0 Å². The summed E-state index contributed by atoms with van der Waals surface area (Å²) < 4.78 is 15.8. The summed E-state index contributed by atoms with van der Waals surface area (Å²) in [4.78, 5) is 8.89. The topological polar surface area (TPSA) is 56.5 Å². The Balaban J connectivity index is 1.72. The average molecular weight is 402 g/mol. The smallest absolute Gasteiger partial charge is 0.191 e. The normalized spacial score (nSPS) is 10.9. The molecule has 8 heteroatoms. The van der Waals surface area contributed by atoms with Crippen LogP contribution in [0.25, 0.3) is 0 Å². The molecule has 0 saturated carbocycles. The van der Waals surface area contributed by atoms with Crippen LogP contribution in [0.2, 0.25) is 0 Å². The first-order valence-corrected chi connectivity index (χ1v) is 10.4. The van der Waals surface area contributed by atoms with E-state index in [-0.39, 0.29) is 5.82 Å². The summed E-state index contributed by atoms with van der Waals surface area (Å²) in [5, 5.41) is 10.1.